The Labute approximate surface area is 171 Å². The number of ether oxygens (including phenoxy) is 1. The van der Waals surface area contributed by atoms with E-state index in [9.17, 15) is 18.4 Å². The summed E-state index contributed by atoms with van der Waals surface area (Å²) in [6, 6.07) is 12.1. The van der Waals surface area contributed by atoms with Crippen molar-refractivity contribution in [2.75, 3.05) is 5.32 Å². The van der Waals surface area contributed by atoms with Crippen LogP contribution in [0.2, 0.25) is 0 Å². The maximum absolute atomic E-state index is 12.7. The molecule has 0 bridgehead atoms. The van der Waals surface area contributed by atoms with E-state index in [1.54, 1.807) is 55.6 Å². The molecular weight excluding hydrogens is 394 g/mol. The van der Waals surface area contributed by atoms with Crippen LogP contribution in [-0.4, -0.2) is 22.2 Å². The van der Waals surface area contributed by atoms with Crippen LogP contribution in [0.5, 0.6) is 5.75 Å². The Morgan fingerprint density at radius 3 is 2.53 bits per heavy atom. The summed E-state index contributed by atoms with van der Waals surface area (Å²) in [5, 5.41) is 5.51. The van der Waals surface area contributed by atoms with Crippen molar-refractivity contribution in [3.05, 3.63) is 76.5 Å². The maximum Gasteiger partial charge on any atom is 0.387 e. The van der Waals surface area contributed by atoms with Gasteiger partial charge in [-0.05, 0) is 31.5 Å². The van der Waals surface area contributed by atoms with Crippen molar-refractivity contribution in [2.45, 2.75) is 32.9 Å². The van der Waals surface area contributed by atoms with Gasteiger partial charge in [-0.15, -0.1) is 0 Å². The number of aromatic amines is 1. The molecule has 0 fully saturated rings. The fourth-order valence-electron chi connectivity index (χ4n) is 3.22. The van der Waals surface area contributed by atoms with Crippen LogP contribution in [-0.2, 0) is 0 Å². The summed E-state index contributed by atoms with van der Waals surface area (Å²) in [6.45, 7) is 0.620. The Kier molecular flexibility index (Phi) is 6.51. The van der Waals surface area contributed by atoms with Gasteiger partial charge < -0.3 is 20.4 Å². The molecule has 0 spiro atoms. The first-order valence-electron chi connectivity index (χ1n) is 9.38. The summed E-state index contributed by atoms with van der Waals surface area (Å²) >= 11 is 0. The van der Waals surface area contributed by atoms with Crippen molar-refractivity contribution in [2.24, 2.45) is 0 Å². The van der Waals surface area contributed by atoms with Crippen molar-refractivity contribution < 1.29 is 18.3 Å². The fourth-order valence-corrected chi connectivity index (χ4v) is 3.22. The average Bonchev–Trinajstić information content (AvgIpc) is 3.05. The van der Waals surface area contributed by atoms with Crippen molar-refractivity contribution in [1.82, 2.24) is 14.9 Å². The van der Waals surface area contributed by atoms with Crippen molar-refractivity contribution >= 4 is 11.7 Å². The third-order valence-electron chi connectivity index (χ3n) is 4.58. The highest BCUT2D eigenvalue weighted by molar-refractivity contribution is 5.91. The highest BCUT2D eigenvalue weighted by Crippen LogP contribution is 2.28. The number of rotatable bonds is 7. The number of anilines is 1. The van der Waals surface area contributed by atoms with Gasteiger partial charge in [-0.1, -0.05) is 37.3 Å². The minimum Gasteiger partial charge on any atom is -0.434 e. The highest BCUT2D eigenvalue weighted by atomic mass is 19.3. The maximum atomic E-state index is 12.7. The number of benzene rings is 2. The summed E-state index contributed by atoms with van der Waals surface area (Å²) in [5.41, 5.74) is 1.73. The number of urea groups is 1. The third kappa shape index (κ3) is 4.68. The lowest BCUT2D eigenvalue weighted by molar-refractivity contribution is -0.0506. The normalized spacial score (nSPS) is 11.9. The standard InChI is InChI=1S/C21H22F2N4O3/c1-3-15(14-8-4-7-11-18(14)30-19(22)23)25-20(28)26-16-9-5-6-10-17(16)27-13(2)12-24-21(27)29/h4-12,15,19H,3H2,1-2H3,(H,24,29)(H2,25,26,28). The summed E-state index contributed by atoms with van der Waals surface area (Å²) in [7, 11) is 0. The lowest BCUT2D eigenvalue weighted by Crippen LogP contribution is -2.33. The average molecular weight is 416 g/mol. The molecule has 1 unspecified atom stereocenters. The summed E-state index contributed by atoms with van der Waals surface area (Å²) in [5.74, 6) is 0.00884. The third-order valence-corrected chi connectivity index (χ3v) is 4.58. The van der Waals surface area contributed by atoms with Gasteiger partial charge in [0.25, 0.3) is 0 Å². The lowest BCUT2D eigenvalue weighted by atomic mass is 10.0. The molecule has 30 heavy (non-hydrogen) atoms. The Bertz CT molecular complexity index is 1080. The number of H-pyrrole nitrogens is 1. The van der Waals surface area contributed by atoms with Crippen molar-refractivity contribution in [3.63, 3.8) is 0 Å². The second-order valence-electron chi connectivity index (χ2n) is 6.56. The zero-order valence-electron chi connectivity index (χ0n) is 16.5. The van der Waals surface area contributed by atoms with Crippen LogP contribution < -0.4 is 21.1 Å². The predicted molar refractivity (Wildman–Crippen MR) is 109 cm³/mol. The molecule has 0 aliphatic carbocycles. The minimum atomic E-state index is -2.97. The SMILES string of the molecule is CCC(NC(=O)Nc1ccccc1-n1c(C)c[nH]c1=O)c1ccccc1OC(F)F. The molecule has 0 aliphatic rings. The van der Waals surface area contributed by atoms with Gasteiger partial charge in [0.2, 0.25) is 0 Å². The van der Waals surface area contributed by atoms with E-state index in [0.29, 0.717) is 29.1 Å². The summed E-state index contributed by atoms with van der Waals surface area (Å²) in [4.78, 5) is 27.4. The number of para-hydroxylation sites is 3. The Balaban J connectivity index is 1.82. The van der Waals surface area contributed by atoms with E-state index in [4.69, 9.17) is 0 Å². The van der Waals surface area contributed by atoms with Gasteiger partial charge in [-0.25, -0.2) is 9.59 Å². The monoisotopic (exact) mass is 416 g/mol. The van der Waals surface area contributed by atoms with E-state index in [-0.39, 0.29) is 11.4 Å². The first-order chi connectivity index (χ1) is 14.4. The van der Waals surface area contributed by atoms with Crippen molar-refractivity contribution in [1.29, 1.82) is 0 Å². The molecule has 3 rings (SSSR count). The second kappa shape index (κ2) is 9.25. The number of imidazole rings is 1. The largest absolute Gasteiger partial charge is 0.434 e. The molecular formula is C21H22F2N4O3. The molecule has 158 valence electrons. The van der Waals surface area contributed by atoms with Crippen LogP contribution >= 0.6 is 0 Å². The van der Waals surface area contributed by atoms with Gasteiger partial charge in [-0.2, -0.15) is 8.78 Å². The number of hydrogen-bond acceptors (Lipinski definition) is 3. The molecule has 9 heteroatoms. The smallest absolute Gasteiger partial charge is 0.387 e. The first-order valence-corrected chi connectivity index (χ1v) is 9.38. The van der Waals surface area contributed by atoms with Gasteiger partial charge >= 0.3 is 18.3 Å². The number of nitrogens with one attached hydrogen (secondary N) is 3. The van der Waals surface area contributed by atoms with Gasteiger partial charge in [0.1, 0.15) is 5.75 Å². The number of hydrogen-bond donors (Lipinski definition) is 3. The van der Waals surface area contributed by atoms with Crippen LogP contribution in [0.4, 0.5) is 19.3 Å². The van der Waals surface area contributed by atoms with Gasteiger partial charge in [0, 0.05) is 17.5 Å². The highest BCUT2D eigenvalue weighted by Gasteiger charge is 2.19. The van der Waals surface area contributed by atoms with Crippen LogP contribution in [0, 0.1) is 6.92 Å². The van der Waals surface area contributed by atoms with E-state index >= 15 is 0 Å². The molecule has 1 heterocycles. The molecule has 0 radical (unpaired) electrons. The number of carbonyl (C=O) groups is 1. The Hall–Kier alpha value is -3.62. The van der Waals surface area contributed by atoms with E-state index in [2.05, 4.69) is 20.4 Å². The number of carbonyl (C=O) groups excluding carboxylic acids is 1. The van der Waals surface area contributed by atoms with E-state index < -0.39 is 18.7 Å². The number of aromatic nitrogens is 2. The van der Waals surface area contributed by atoms with Crippen LogP contribution in [0.15, 0.2) is 59.5 Å². The molecule has 0 saturated carbocycles. The summed E-state index contributed by atoms with van der Waals surface area (Å²) < 4.78 is 31.4. The van der Waals surface area contributed by atoms with Gasteiger partial charge in [0.15, 0.2) is 0 Å². The van der Waals surface area contributed by atoms with E-state index in [1.807, 2.05) is 6.92 Å². The van der Waals surface area contributed by atoms with Crippen molar-refractivity contribution in [3.8, 4) is 11.4 Å². The molecule has 3 aromatic rings. The molecule has 1 atom stereocenters. The zero-order chi connectivity index (χ0) is 21.7. The lowest BCUT2D eigenvalue weighted by Gasteiger charge is -2.21. The second-order valence-corrected chi connectivity index (χ2v) is 6.56. The topological polar surface area (TPSA) is 88.2 Å². The first kappa shape index (κ1) is 21.1. The molecule has 1 aromatic heterocycles. The van der Waals surface area contributed by atoms with Crippen LogP contribution in [0.1, 0.15) is 30.6 Å². The van der Waals surface area contributed by atoms with Gasteiger partial charge in [0.05, 0.1) is 17.4 Å². The number of nitrogens with zero attached hydrogens (tertiary/aromatic N) is 1. The number of aryl methyl sites for hydroxylation is 1. The molecule has 2 aromatic carbocycles. The molecule has 3 N–H and O–H groups in total. The van der Waals surface area contributed by atoms with E-state index in [0.717, 1.165) is 0 Å². The molecule has 7 nitrogen and oxygen atoms in total. The van der Waals surface area contributed by atoms with Gasteiger partial charge in [-0.3, -0.25) is 4.57 Å². The summed E-state index contributed by atoms with van der Waals surface area (Å²) in [6.07, 6.45) is 2.03. The van der Waals surface area contributed by atoms with E-state index in [1.165, 1.54) is 10.6 Å². The Morgan fingerprint density at radius 2 is 1.87 bits per heavy atom. The Morgan fingerprint density at radius 1 is 1.17 bits per heavy atom. The number of amides is 2. The molecule has 0 saturated heterocycles. The predicted octanol–water partition coefficient (Wildman–Crippen LogP) is 4.35. The van der Waals surface area contributed by atoms with Crippen LogP contribution in [0.25, 0.3) is 5.69 Å². The molecule has 2 amide bonds. The fraction of sp³-hybridized carbons (Fsp3) is 0.238. The van der Waals surface area contributed by atoms with Crippen LogP contribution in [0.3, 0.4) is 0 Å². The zero-order valence-corrected chi connectivity index (χ0v) is 16.5. The minimum absolute atomic E-state index is 0.00884. The quantitative estimate of drug-likeness (QED) is 0.535. The number of alkyl halides is 2. The number of halogens is 2. The molecule has 0 aliphatic heterocycles.